The van der Waals surface area contributed by atoms with E-state index >= 15 is 0 Å². The van der Waals surface area contributed by atoms with Crippen molar-refractivity contribution in [3.05, 3.63) is 48.1 Å². The molecule has 1 heterocycles. The third-order valence-corrected chi connectivity index (χ3v) is 2.58. The van der Waals surface area contributed by atoms with Crippen LogP contribution in [-0.2, 0) is 13.1 Å². The second-order valence-electron chi connectivity index (χ2n) is 4.05. The molecular weight excluding hydrogens is 236 g/mol. The second-order valence-corrected chi connectivity index (χ2v) is 4.05. The predicted molar refractivity (Wildman–Crippen MR) is 66.2 cm³/mol. The Balaban J connectivity index is 2.04. The van der Waals surface area contributed by atoms with Crippen molar-refractivity contribution in [1.29, 1.82) is 0 Å². The largest absolute Gasteiger partial charge is 0.378 e. The highest BCUT2D eigenvalue weighted by atomic mass is 19.1. The smallest absolute Gasteiger partial charge is 0.128 e. The Morgan fingerprint density at radius 2 is 1.94 bits per heavy atom. The highest BCUT2D eigenvalue weighted by molar-refractivity contribution is 5.43. The van der Waals surface area contributed by atoms with Crippen molar-refractivity contribution >= 4 is 5.69 Å². The van der Waals surface area contributed by atoms with Gasteiger partial charge in [0.1, 0.15) is 17.5 Å². The van der Waals surface area contributed by atoms with Gasteiger partial charge in [-0.25, -0.2) is 13.8 Å². The summed E-state index contributed by atoms with van der Waals surface area (Å²) in [5.41, 5.74) is 0.415. The van der Waals surface area contributed by atoms with Gasteiger partial charge in [0, 0.05) is 30.7 Å². The third kappa shape index (κ3) is 3.06. The molecule has 0 spiro atoms. The van der Waals surface area contributed by atoms with Crippen LogP contribution in [0.1, 0.15) is 19.2 Å². The van der Waals surface area contributed by atoms with Gasteiger partial charge in [-0.2, -0.15) is 0 Å². The number of aryl methyl sites for hydroxylation is 1. The van der Waals surface area contributed by atoms with Crippen LogP contribution in [0.2, 0.25) is 0 Å². The van der Waals surface area contributed by atoms with E-state index in [0.29, 0.717) is 12.2 Å². The number of hydrogen-bond acceptors (Lipinski definition) is 2. The SMILES string of the molecule is CCCn1ccnc1CNc1cc(F)cc(F)c1. The van der Waals surface area contributed by atoms with Crippen LogP contribution in [-0.4, -0.2) is 9.55 Å². The first-order chi connectivity index (χ1) is 8.69. The van der Waals surface area contributed by atoms with Crippen molar-refractivity contribution in [1.82, 2.24) is 9.55 Å². The van der Waals surface area contributed by atoms with Gasteiger partial charge in [-0.15, -0.1) is 0 Å². The van der Waals surface area contributed by atoms with Gasteiger partial charge in [0.25, 0.3) is 0 Å². The van der Waals surface area contributed by atoms with Gasteiger partial charge in [0.15, 0.2) is 0 Å². The zero-order valence-corrected chi connectivity index (χ0v) is 10.2. The minimum absolute atomic E-state index is 0.415. The van der Waals surface area contributed by atoms with Crippen LogP contribution in [0.3, 0.4) is 0 Å². The number of halogens is 2. The van der Waals surface area contributed by atoms with E-state index in [9.17, 15) is 8.78 Å². The fraction of sp³-hybridized carbons (Fsp3) is 0.308. The summed E-state index contributed by atoms with van der Waals surface area (Å²) in [5, 5.41) is 2.96. The van der Waals surface area contributed by atoms with Crippen LogP contribution in [0.4, 0.5) is 14.5 Å². The fourth-order valence-electron chi connectivity index (χ4n) is 1.79. The zero-order valence-electron chi connectivity index (χ0n) is 10.2. The van der Waals surface area contributed by atoms with Gasteiger partial charge < -0.3 is 9.88 Å². The summed E-state index contributed by atoms with van der Waals surface area (Å²) in [7, 11) is 0. The van der Waals surface area contributed by atoms with E-state index in [2.05, 4.69) is 17.2 Å². The molecule has 3 nitrogen and oxygen atoms in total. The lowest BCUT2D eigenvalue weighted by Crippen LogP contribution is -2.08. The molecule has 0 unspecified atom stereocenters. The number of nitrogens with zero attached hydrogens (tertiary/aromatic N) is 2. The van der Waals surface area contributed by atoms with E-state index in [4.69, 9.17) is 0 Å². The van der Waals surface area contributed by atoms with Gasteiger partial charge in [-0.3, -0.25) is 0 Å². The average Bonchev–Trinajstić information content (AvgIpc) is 2.73. The Labute approximate surface area is 104 Å². The summed E-state index contributed by atoms with van der Waals surface area (Å²) in [6.45, 7) is 3.41. The van der Waals surface area contributed by atoms with Gasteiger partial charge >= 0.3 is 0 Å². The van der Waals surface area contributed by atoms with Crippen LogP contribution in [0.25, 0.3) is 0 Å². The van der Waals surface area contributed by atoms with Crippen LogP contribution < -0.4 is 5.32 Å². The van der Waals surface area contributed by atoms with E-state index in [1.807, 2.05) is 10.8 Å². The number of rotatable bonds is 5. The molecular formula is C13H15F2N3. The maximum atomic E-state index is 13.0. The molecule has 0 bridgehead atoms. The van der Waals surface area contributed by atoms with Crippen LogP contribution in [0.5, 0.6) is 0 Å². The number of aromatic nitrogens is 2. The molecule has 2 rings (SSSR count). The Bertz CT molecular complexity index is 502. The molecule has 1 aromatic carbocycles. The first-order valence-electron chi connectivity index (χ1n) is 5.89. The molecule has 0 aliphatic heterocycles. The average molecular weight is 251 g/mol. The van der Waals surface area contributed by atoms with Gasteiger partial charge in [0.05, 0.1) is 6.54 Å². The van der Waals surface area contributed by atoms with Crippen LogP contribution in [0.15, 0.2) is 30.6 Å². The molecule has 0 amide bonds. The summed E-state index contributed by atoms with van der Waals surface area (Å²) in [6.07, 6.45) is 4.63. The number of imidazole rings is 1. The number of anilines is 1. The molecule has 0 saturated carbocycles. The topological polar surface area (TPSA) is 29.9 Å². The fourth-order valence-corrected chi connectivity index (χ4v) is 1.79. The molecule has 0 fully saturated rings. The predicted octanol–water partition coefficient (Wildman–Crippen LogP) is 3.18. The lowest BCUT2D eigenvalue weighted by molar-refractivity contribution is 0.583. The molecule has 0 aliphatic carbocycles. The highest BCUT2D eigenvalue weighted by Crippen LogP contribution is 2.13. The Hall–Kier alpha value is -1.91. The summed E-state index contributed by atoms with van der Waals surface area (Å²) < 4.78 is 28.0. The molecule has 5 heteroatoms. The molecule has 0 radical (unpaired) electrons. The summed E-state index contributed by atoms with van der Waals surface area (Å²) >= 11 is 0. The van der Waals surface area contributed by atoms with Crippen molar-refractivity contribution in [3.63, 3.8) is 0 Å². The lowest BCUT2D eigenvalue weighted by atomic mass is 10.3. The number of benzene rings is 1. The van der Waals surface area contributed by atoms with E-state index in [1.54, 1.807) is 6.20 Å². The zero-order chi connectivity index (χ0) is 13.0. The standard InChI is InChI=1S/C13H15F2N3/c1-2-4-18-5-3-16-13(18)9-17-12-7-10(14)6-11(15)8-12/h3,5-8,17H,2,4,9H2,1H3. The van der Waals surface area contributed by atoms with Crippen molar-refractivity contribution in [2.45, 2.75) is 26.4 Å². The van der Waals surface area contributed by atoms with Gasteiger partial charge in [0.2, 0.25) is 0 Å². The monoisotopic (exact) mass is 251 g/mol. The Morgan fingerprint density at radius 1 is 1.22 bits per heavy atom. The summed E-state index contributed by atoms with van der Waals surface area (Å²) in [5.74, 6) is -0.328. The summed E-state index contributed by atoms with van der Waals surface area (Å²) in [6, 6.07) is 3.37. The molecule has 96 valence electrons. The molecule has 2 aromatic rings. The second kappa shape index (κ2) is 5.62. The van der Waals surface area contributed by atoms with E-state index in [1.165, 1.54) is 12.1 Å². The van der Waals surface area contributed by atoms with E-state index < -0.39 is 11.6 Å². The van der Waals surface area contributed by atoms with E-state index in [0.717, 1.165) is 24.9 Å². The maximum absolute atomic E-state index is 13.0. The highest BCUT2D eigenvalue weighted by Gasteiger charge is 2.04. The molecule has 18 heavy (non-hydrogen) atoms. The Kier molecular flexibility index (Phi) is 3.92. The van der Waals surface area contributed by atoms with Crippen molar-refractivity contribution in [2.24, 2.45) is 0 Å². The lowest BCUT2D eigenvalue weighted by Gasteiger charge is -2.09. The number of nitrogens with one attached hydrogen (secondary N) is 1. The molecule has 1 N–H and O–H groups in total. The third-order valence-electron chi connectivity index (χ3n) is 2.58. The first-order valence-corrected chi connectivity index (χ1v) is 5.89. The normalized spacial score (nSPS) is 10.6. The van der Waals surface area contributed by atoms with Gasteiger partial charge in [-0.05, 0) is 18.6 Å². The quantitative estimate of drug-likeness (QED) is 0.884. The van der Waals surface area contributed by atoms with E-state index in [-0.39, 0.29) is 0 Å². The molecule has 0 saturated heterocycles. The molecule has 0 aliphatic rings. The Morgan fingerprint density at radius 3 is 2.61 bits per heavy atom. The molecule has 1 aromatic heterocycles. The van der Waals surface area contributed by atoms with Crippen LogP contribution in [0, 0.1) is 11.6 Å². The van der Waals surface area contributed by atoms with Crippen molar-refractivity contribution in [3.8, 4) is 0 Å². The maximum Gasteiger partial charge on any atom is 0.128 e. The number of hydrogen-bond donors (Lipinski definition) is 1. The van der Waals surface area contributed by atoms with Crippen LogP contribution >= 0.6 is 0 Å². The van der Waals surface area contributed by atoms with Crippen molar-refractivity contribution in [2.75, 3.05) is 5.32 Å². The summed E-state index contributed by atoms with van der Waals surface area (Å²) in [4.78, 5) is 4.21. The van der Waals surface area contributed by atoms with Gasteiger partial charge in [-0.1, -0.05) is 6.92 Å². The first kappa shape index (κ1) is 12.5. The minimum Gasteiger partial charge on any atom is -0.378 e. The minimum atomic E-state index is -0.589. The molecule has 0 atom stereocenters. The van der Waals surface area contributed by atoms with Crippen molar-refractivity contribution < 1.29 is 8.78 Å².